The zero-order valence-electron chi connectivity index (χ0n) is 10.2. The smallest absolute Gasteiger partial charge is 0.276 e. The molecule has 3 rings (SSSR count). The minimum Gasteiger partial charge on any atom is -0.296 e. The van der Waals surface area contributed by atoms with Crippen LogP contribution in [-0.4, -0.2) is 19.7 Å². The number of hydrogen-bond donors (Lipinski definition) is 1. The Labute approximate surface area is 109 Å². The number of pyridine rings is 2. The molecule has 0 amide bonds. The molecule has 5 nitrogen and oxygen atoms in total. The molecule has 0 bridgehead atoms. The van der Waals surface area contributed by atoms with Gasteiger partial charge in [0.2, 0.25) is 0 Å². The van der Waals surface area contributed by atoms with Gasteiger partial charge in [-0.1, -0.05) is 12.1 Å². The molecular weight excluding hydrogens is 240 g/mol. The van der Waals surface area contributed by atoms with Gasteiger partial charge in [-0.3, -0.25) is 14.9 Å². The monoisotopic (exact) mass is 252 g/mol. The molecule has 0 atom stereocenters. The third kappa shape index (κ3) is 2.30. The lowest BCUT2D eigenvalue weighted by molar-refractivity contribution is 0.816. The second-order valence-corrected chi connectivity index (χ2v) is 4.17. The maximum absolute atomic E-state index is 12.2. The SMILES string of the molecule is O=c1c(Cc2cccnc2)c[nH]n1-c1ccccn1. The van der Waals surface area contributed by atoms with E-state index in [1.54, 1.807) is 30.9 Å². The summed E-state index contributed by atoms with van der Waals surface area (Å²) < 4.78 is 1.44. The summed E-state index contributed by atoms with van der Waals surface area (Å²) in [6, 6.07) is 9.25. The molecule has 0 saturated heterocycles. The van der Waals surface area contributed by atoms with Crippen molar-refractivity contribution in [2.24, 2.45) is 0 Å². The molecule has 3 aromatic heterocycles. The Morgan fingerprint density at radius 1 is 1.16 bits per heavy atom. The van der Waals surface area contributed by atoms with E-state index in [0.717, 1.165) is 5.56 Å². The van der Waals surface area contributed by atoms with Crippen molar-refractivity contribution in [2.75, 3.05) is 0 Å². The highest BCUT2D eigenvalue weighted by Gasteiger charge is 2.08. The first-order chi connectivity index (χ1) is 9.34. The fourth-order valence-electron chi connectivity index (χ4n) is 1.91. The normalized spacial score (nSPS) is 10.5. The van der Waals surface area contributed by atoms with Crippen LogP contribution >= 0.6 is 0 Å². The standard InChI is InChI=1S/C14H12N4O/c19-14-12(8-11-4-3-6-15-9-11)10-17-18(14)13-5-1-2-7-16-13/h1-7,9-10,17H,8H2. The van der Waals surface area contributed by atoms with E-state index in [-0.39, 0.29) is 5.56 Å². The Hall–Kier alpha value is -2.69. The summed E-state index contributed by atoms with van der Waals surface area (Å²) in [6.45, 7) is 0. The Morgan fingerprint density at radius 3 is 2.84 bits per heavy atom. The van der Waals surface area contributed by atoms with Crippen LogP contribution in [0.25, 0.3) is 5.82 Å². The van der Waals surface area contributed by atoms with Crippen molar-refractivity contribution in [3.8, 4) is 5.82 Å². The van der Waals surface area contributed by atoms with E-state index in [0.29, 0.717) is 17.8 Å². The Bertz CT molecular complexity index is 716. The largest absolute Gasteiger partial charge is 0.296 e. The molecular formula is C14H12N4O. The summed E-state index contributed by atoms with van der Waals surface area (Å²) in [6.07, 6.45) is 7.40. The second kappa shape index (κ2) is 4.89. The topological polar surface area (TPSA) is 63.6 Å². The van der Waals surface area contributed by atoms with Gasteiger partial charge in [-0.05, 0) is 23.8 Å². The quantitative estimate of drug-likeness (QED) is 0.769. The molecule has 0 radical (unpaired) electrons. The number of hydrogen-bond acceptors (Lipinski definition) is 3. The summed E-state index contributed by atoms with van der Waals surface area (Å²) >= 11 is 0. The lowest BCUT2D eigenvalue weighted by Gasteiger charge is -1.98. The van der Waals surface area contributed by atoms with Crippen LogP contribution in [0.4, 0.5) is 0 Å². The van der Waals surface area contributed by atoms with E-state index >= 15 is 0 Å². The predicted molar refractivity (Wildman–Crippen MR) is 71.2 cm³/mol. The summed E-state index contributed by atoms with van der Waals surface area (Å²) in [4.78, 5) is 20.4. The van der Waals surface area contributed by atoms with Crippen LogP contribution in [0.5, 0.6) is 0 Å². The van der Waals surface area contributed by atoms with Crippen molar-refractivity contribution in [1.29, 1.82) is 0 Å². The predicted octanol–water partition coefficient (Wildman–Crippen LogP) is 1.55. The highest BCUT2D eigenvalue weighted by atomic mass is 16.1. The van der Waals surface area contributed by atoms with Gasteiger partial charge in [0.05, 0.1) is 0 Å². The molecule has 0 saturated carbocycles. The van der Waals surface area contributed by atoms with Crippen molar-refractivity contribution in [2.45, 2.75) is 6.42 Å². The van der Waals surface area contributed by atoms with E-state index < -0.39 is 0 Å². The molecule has 5 heteroatoms. The zero-order chi connectivity index (χ0) is 13.1. The minimum absolute atomic E-state index is 0.0810. The van der Waals surface area contributed by atoms with E-state index in [1.165, 1.54) is 4.68 Å². The zero-order valence-corrected chi connectivity index (χ0v) is 10.2. The van der Waals surface area contributed by atoms with Crippen LogP contribution in [0, 0.1) is 0 Å². The molecule has 0 aliphatic heterocycles. The number of rotatable bonds is 3. The van der Waals surface area contributed by atoms with Gasteiger partial charge in [0, 0.05) is 36.8 Å². The van der Waals surface area contributed by atoms with Crippen LogP contribution in [0.3, 0.4) is 0 Å². The van der Waals surface area contributed by atoms with Gasteiger partial charge >= 0.3 is 0 Å². The van der Waals surface area contributed by atoms with Gasteiger partial charge in [0.25, 0.3) is 5.56 Å². The average molecular weight is 252 g/mol. The van der Waals surface area contributed by atoms with E-state index in [1.807, 2.05) is 24.3 Å². The highest BCUT2D eigenvalue weighted by molar-refractivity contribution is 5.25. The number of nitrogens with zero attached hydrogens (tertiary/aromatic N) is 3. The number of H-pyrrole nitrogens is 1. The summed E-state index contributed by atoms with van der Waals surface area (Å²) in [7, 11) is 0. The maximum Gasteiger partial charge on any atom is 0.276 e. The summed E-state index contributed by atoms with van der Waals surface area (Å²) in [5.74, 6) is 0.588. The molecule has 3 aromatic rings. The molecule has 0 fully saturated rings. The molecule has 1 N–H and O–H groups in total. The van der Waals surface area contributed by atoms with Gasteiger partial charge in [-0.25, -0.2) is 9.67 Å². The van der Waals surface area contributed by atoms with Crippen LogP contribution in [0.1, 0.15) is 11.1 Å². The van der Waals surface area contributed by atoms with Gasteiger partial charge < -0.3 is 0 Å². The van der Waals surface area contributed by atoms with Gasteiger partial charge in [0.1, 0.15) is 0 Å². The van der Waals surface area contributed by atoms with Gasteiger partial charge in [-0.2, -0.15) is 0 Å². The van der Waals surface area contributed by atoms with Crippen LogP contribution < -0.4 is 5.56 Å². The van der Waals surface area contributed by atoms with E-state index in [2.05, 4.69) is 15.1 Å². The molecule has 0 aromatic carbocycles. The van der Waals surface area contributed by atoms with Gasteiger partial charge in [-0.15, -0.1) is 0 Å². The van der Waals surface area contributed by atoms with Crippen LogP contribution in [-0.2, 0) is 6.42 Å². The Balaban J connectivity index is 1.94. The molecule has 0 unspecified atom stereocenters. The summed E-state index contributed by atoms with van der Waals surface area (Å²) in [5.41, 5.74) is 1.62. The van der Waals surface area contributed by atoms with Crippen molar-refractivity contribution < 1.29 is 0 Å². The lowest BCUT2D eigenvalue weighted by atomic mass is 10.1. The molecule has 94 valence electrons. The Kier molecular flexibility index (Phi) is 2.94. The number of aromatic amines is 1. The third-order valence-corrected chi connectivity index (χ3v) is 2.84. The molecule has 19 heavy (non-hydrogen) atoms. The average Bonchev–Trinajstić information content (AvgIpc) is 2.82. The first kappa shape index (κ1) is 11.4. The maximum atomic E-state index is 12.2. The summed E-state index contributed by atoms with van der Waals surface area (Å²) in [5, 5.41) is 2.93. The fraction of sp³-hybridized carbons (Fsp3) is 0.0714. The van der Waals surface area contributed by atoms with Crippen molar-refractivity contribution in [1.82, 2.24) is 19.7 Å². The lowest BCUT2D eigenvalue weighted by Crippen LogP contribution is -2.18. The molecule has 0 spiro atoms. The van der Waals surface area contributed by atoms with Crippen molar-refractivity contribution in [3.05, 3.63) is 76.6 Å². The van der Waals surface area contributed by atoms with E-state index in [4.69, 9.17) is 0 Å². The molecule has 0 aliphatic carbocycles. The van der Waals surface area contributed by atoms with Crippen LogP contribution in [0.15, 0.2) is 59.9 Å². The number of nitrogens with one attached hydrogen (secondary N) is 1. The molecule has 0 aliphatic rings. The Morgan fingerprint density at radius 2 is 2.11 bits per heavy atom. The fourth-order valence-corrected chi connectivity index (χ4v) is 1.91. The molecule has 3 heterocycles. The number of aromatic nitrogens is 4. The first-order valence-corrected chi connectivity index (χ1v) is 5.94. The first-order valence-electron chi connectivity index (χ1n) is 5.94. The second-order valence-electron chi connectivity index (χ2n) is 4.17. The van der Waals surface area contributed by atoms with Crippen LogP contribution in [0.2, 0.25) is 0 Å². The van der Waals surface area contributed by atoms with E-state index in [9.17, 15) is 4.79 Å². The highest BCUT2D eigenvalue weighted by Crippen LogP contribution is 2.05. The van der Waals surface area contributed by atoms with Crippen molar-refractivity contribution >= 4 is 0 Å². The van der Waals surface area contributed by atoms with Gasteiger partial charge in [0.15, 0.2) is 5.82 Å². The third-order valence-electron chi connectivity index (χ3n) is 2.84. The minimum atomic E-state index is -0.0810. The van der Waals surface area contributed by atoms with Crippen molar-refractivity contribution in [3.63, 3.8) is 0 Å².